The van der Waals surface area contributed by atoms with Gasteiger partial charge in [-0.15, -0.1) is 11.6 Å². The molecule has 1 atom stereocenters. The molecule has 3 rings (SSSR count). The van der Waals surface area contributed by atoms with Gasteiger partial charge in [-0.05, 0) is 24.3 Å². The zero-order valence-electron chi connectivity index (χ0n) is 12.3. The highest BCUT2D eigenvalue weighted by atomic mass is 35.5. The first-order valence-corrected chi connectivity index (χ1v) is 7.89. The van der Waals surface area contributed by atoms with E-state index in [0.717, 1.165) is 31.2 Å². The second-order valence-corrected chi connectivity index (χ2v) is 6.87. The number of nitrogens with zero attached hydrogens (tertiary/aromatic N) is 2. The molecule has 0 saturated heterocycles. The number of halogens is 3. The van der Waals surface area contributed by atoms with Crippen LogP contribution in [0.1, 0.15) is 45.0 Å². The fourth-order valence-corrected chi connectivity index (χ4v) is 3.73. The fraction of sp³-hybridized carbons (Fsp3) is 0.562. The minimum atomic E-state index is -0.602. The Labute approximate surface area is 128 Å². The van der Waals surface area contributed by atoms with Crippen molar-refractivity contribution in [2.75, 3.05) is 5.88 Å². The van der Waals surface area contributed by atoms with Crippen LogP contribution in [0.5, 0.6) is 0 Å². The number of imidazole rings is 1. The molecule has 0 radical (unpaired) electrons. The van der Waals surface area contributed by atoms with Crippen molar-refractivity contribution in [2.24, 2.45) is 5.41 Å². The topological polar surface area (TPSA) is 17.8 Å². The van der Waals surface area contributed by atoms with Crippen LogP contribution in [0.3, 0.4) is 0 Å². The largest absolute Gasteiger partial charge is 0.324 e. The third kappa shape index (κ3) is 2.44. The molecule has 1 aromatic heterocycles. The first-order chi connectivity index (χ1) is 9.94. The lowest BCUT2D eigenvalue weighted by atomic mass is 9.87. The minimum absolute atomic E-state index is 0.0947. The van der Waals surface area contributed by atoms with E-state index in [9.17, 15) is 8.78 Å². The molecule has 0 spiro atoms. The molecule has 1 aliphatic rings. The summed E-state index contributed by atoms with van der Waals surface area (Å²) >= 11 is 5.86. The van der Waals surface area contributed by atoms with E-state index < -0.39 is 11.6 Å². The Morgan fingerprint density at radius 2 is 2.14 bits per heavy atom. The first-order valence-electron chi connectivity index (χ1n) is 7.36. The second-order valence-electron chi connectivity index (χ2n) is 6.49. The lowest BCUT2D eigenvalue weighted by molar-refractivity contribution is 0.261. The number of hydrogen-bond donors (Lipinski definition) is 0. The number of hydrogen-bond acceptors (Lipinski definition) is 1. The molecule has 5 heteroatoms. The molecular weight excluding hydrogens is 294 g/mol. The summed E-state index contributed by atoms with van der Waals surface area (Å²) in [4.78, 5) is 4.39. The van der Waals surface area contributed by atoms with Crippen LogP contribution < -0.4 is 0 Å². The Morgan fingerprint density at radius 1 is 1.38 bits per heavy atom. The number of aryl methyl sites for hydroxylation is 1. The maximum atomic E-state index is 14.0. The summed E-state index contributed by atoms with van der Waals surface area (Å²) in [5, 5.41) is 0. The molecule has 1 unspecified atom stereocenters. The van der Waals surface area contributed by atoms with Crippen LogP contribution in [-0.4, -0.2) is 15.4 Å². The first kappa shape index (κ1) is 14.8. The summed E-state index contributed by atoms with van der Waals surface area (Å²) in [7, 11) is 0. The van der Waals surface area contributed by atoms with E-state index >= 15 is 0 Å². The maximum Gasteiger partial charge on any atom is 0.153 e. The van der Waals surface area contributed by atoms with Crippen LogP contribution in [0, 0.1) is 17.0 Å². The molecule has 2 nitrogen and oxygen atoms in total. The molecule has 21 heavy (non-hydrogen) atoms. The van der Waals surface area contributed by atoms with Crippen LogP contribution in [0.2, 0.25) is 0 Å². The maximum absolute atomic E-state index is 14.0. The molecule has 0 N–H and O–H groups in total. The minimum Gasteiger partial charge on any atom is -0.324 e. The van der Waals surface area contributed by atoms with E-state index in [-0.39, 0.29) is 17.0 Å². The summed E-state index contributed by atoms with van der Waals surface area (Å²) in [6.07, 6.45) is 3.79. The molecule has 1 heterocycles. The van der Waals surface area contributed by atoms with Gasteiger partial charge in [0, 0.05) is 24.4 Å². The van der Waals surface area contributed by atoms with Gasteiger partial charge in [-0.25, -0.2) is 13.8 Å². The molecule has 114 valence electrons. The summed E-state index contributed by atoms with van der Waals surface area (Å²) in [6.45, 7) is 4.41. The molecule has 2 aromatic rings. The van der Waals surface area contributed by atoms with E-state index in [1.54, 1.807) is 0 Å². The molecule has 0 bridgehead atoms. The summed E-state index contributed by atoms with van der Waals surface area (Å²) in [6, 6.07) is 2.49. The number of aromatic nitrogens is 2. The van der Waals surface area contributed by atoms with E-state index in [0.29, 0.717) is 17.8 Å². The lowest BCUT2D eigenvalue weighted by Crippen LogP contribution is -2.23. The van der Waals surface area contributed by atoms with Crippen molar-refractivity contribution in [3.05, 3.63) is 29.6 Å². The van der Waals surface area contributed by atoms with Gasteiger partial charge in [0.2, 0.25) is 0 Å². The Bertz CT molecular complexity index is 678. The molecule has 1 fully saturated rings. The van der Waals surface area contributed by atoms with Crippen molar-refractivity contribution < 1.29 is 8.78 Å². The molecular formula is C16H19ClF2N2. The summed E-state index contributed by atoms with van der Waals surface area (Å²) in [5.74, 6) is 0.00911. The Morgan fingerprint density at radius 3 is 2.76 bits per heavy atom. The molecule has 0 aliphatic heterocycles. The summed E-state index contributed by atoms with van der Waals surface area (Å²) < 4.78 is 29.7. The zero-order chi connectivity index (χ0) is 15.2. The Balaban J connectivity index is 2.25. The average Bonchev–Trinajstić information content (AvgIpc) is 2.90. The summed E-state index contributed by atoms with van der Waals surface area (Å²) in [5.41, 5.74) is 0.893. The van der Waals surface area contributed by atoms with Crippen molar-refractivity contribution in [1.82, 2.24) is 9.55 Å². The van der Waals surface area contributed by atoms with Crippen LogP contribution in [0.15, 0.2) is 12.1 Å². The fourth-order valence-electron chi connectivity index (χ4n) is 3.56. The van der Waals surface area contributed by atoms with E-state index in [4.69, 9.17) is 11.6 Å². The quantitative estimate of drug-likeness (QED) is 0.741. The third-order valence-electron chi connectivity index (χ3n) is 4.62. The van der Waals surface area contributed by atoms with E-state index in [1.807, 2.05) is 4.57 Å². The average molecular weight is 313 g/mol. The van der Waals surface area contributed by atoms with Crippen LogP contribution in [0.4, 0.5) is 8.78 Å². The van der Waals surface area contributed by atoms with Crippen molar-refractivity contribution >= 4 is 22.6 Å². The highest BCUT2D eigenvalue weighted by molar-refractivity contribution is 6.17. The van der Waals surface area contributed by atoms with Gasteiger partial charge >= 0.3 is 0 Å². The molecule has 0 amide bonds. The molecule has 1 aliphatic carbocycles. The predicted molar refractivity (Wildman–Crippen MR) is 80.7 cm³/mol. The van der Waals surface area contributed by atoms with Crippen LogP contribution in [-0.2, 0) is 6.42 Å². The van der Waals surface area contributed by atoms with Gasteiger partial charge in [-0.1, -0.05) is 20.3 Å². The monoisotopic (exact) mass is 312 g/mol. The third-order valence-corrected chi connectivity index (χ3v) is 4.81. The second kappa shape index (κ2) is 5.24. The van der Waals surface area contributed by atoms with Gasteiger partial charge in [-0.2, -0.15) is 0 Å². The van der Waals surface area contributed by atoms with Crippen molar-refractivity contribution in [3.63, 3.8) is 0 Å². The normalized spacial score (nSPS) is 21.3. The Hall–Kier alpha value is -1.16. The van der Waals surface area contributed by atoms with Gasteiger partial charge in [0.15, 0.2) is 5.82 Å². The van der Waals surface area contributed by atoms with Crippen molar-refractivity contribution in [3.8, 4) is 0 Å². The van der Waals surface area contributed by atoms with Gasteiger partial charge < -0.3 is 4.57 Å². The lowest BCUT2D eigenvalue weighted by Gasteiger charge is -2.30. The van der Waals surface area contributed by atoms with E-state index in [2.05, 4.69) is 18.8 Å². The van der Waals surface area contributed by atoms with Crippen molar-refractivity contribution in [2.45, 2.75) is 45.6 Å². The van der Waals surface area contributed by atoms with Gasteiger partial charge in [0.05, 0.1) is 5.52 Å². The van der Waals surface area contributed by atoms with E-state index in [1.165, 1.54) is 6.07 Å². The highest BCUT2D eigenvalue weighted by Crippen LogP contribution is 2.47. The van der Waals surface area contributed by atoms with Crippen molar-refractivity contribution in [1.29, 1.82) is 0 Å². The van der Waals surface area contributed by atoms with Gasteiger partial charge in [0.1, 0.15) is 17.2 Å². The SMILES string of the molecule is CC1(C)CCCC1n1c(CCCl)nc2c(F)cc(F)cc21. The Kier molecular flexibility index (Phi) is 3.68. The molecule has 1 saturated carbocycles. The zero-order valence-corrected chi connectivity index (χ0v) is 13.1. The van der Waals surface area contributed by atoms with Gasteiger partial charge in [0.25, 0.3) is 0 Å². The smallest absolute Gasteiger partial charge is 0.153 e. The predicted octanol–water partition coefficient (Wildman–Crippen LogP) is 4.85. The number of alkyl halides is 1. The number of fused-ring (bicyclic) bond motifs is 1. The van der Waals surface area contributed by atoms with Gasteiger partial charge in [-0.3, -0.25) is 0 Å². The van der Waals surface area contributed by atoms with Crippen LogP contribution in [0.25, 0.3) is 11.0 Å². The molecule has 1 aromatic carbocycles. The number of benzene rings is 1. The van der Waals surface area contributed by atoms with Crippen LogP contribution >= 0.6 is 11.6 Å². The number of rotatable bonds is 3. The standard InChI is InChI=1S/C16H19ClF2N2/c1-16(2)6-3-4-13(16)21-12-9-10(18)8-11(19)15(12)20-14(21)5-7-17/h8-9,13H,3-7H2,1-2H3. The highest BCUT2D eigenvalue weighted by Gasteiger charge is 2.37.